The van der Waals surface area contributed by atoms with Gasteiger partial charge in [0.25, 0.3) is 0 Å². The summed E-state index contributed by atoms with van der Waals surface area (Å²) in [4.78, 5) is 11.8. The Morgan fingerprint density at radius 2 is 1.86 bits per heavy atom. The van der Waals surface area contributed by atoms with E-state index in [-0.39, 0.29) is 11.3 Å². The Balaban J connectivity index is 1.78. The molecular weight excluding hydrogens is 262 g/mol. The summed E-state index contributed by atoms with van der Waals surface area (Å²) in [7, 11) is 0. The number of carbonyl (C=O) groups excluding carboxylic acids is 1. The summed E-state index contributed by atoms with van der Waals surface area (Å²) in [6, 6.07) is 12.2. The Hall–Kier alpha value is -2.03. The zero-order valence-electron chi connectivity index (χ0n) is 13.0. The molecule has 0 saturated carbocycles. The Labute approximate surface area is 126 Å². The molecule has 0 atom stereocenters. The Morgan fingerprint density at radius 1 is 1.14 bits per heavy atom. The number of rotatable bonds is 5. The molecule has 1 aromatic carbocycles. The number of carbonyl (C=O) groups is 1. The molecule has 0 fully saturated rings. The van der Waals surface area contributed by atoms with Gasteiger partial charge in [-0.15, -0.1) is 0 Å². The van der Waals surface area contributed by atoms with Crippen molar-refractivity contribution in [1.82, 2.24) is 5.32 Å². The van der Waals surface area contributed by atoms with Gasteiger partial charge in [0.1, 0.15) is 5.76 Å². The Kier molecular flexibility index (Phi) is 4.84. The highest BCUT2D eigenvalue weighted by Gasteiger charge is 2.12. The fourth-order valence-corrected chi connectivity index (χ4v) is 2.12. The van der Waals surface area contributed by atoms with Gasteiger partial charge < -0.3 is 9.73 Å². The lowest BCUT2D eigenvalue weighted by Crippen LogP contribution is -2.22. The van der Waals surface area contributed by atoms with Crippen LogP contribution in [-0.4, -0.2) is 5.91 Å². The molecule has 0 aliphatic rings. The van der Waals surface area contributed by atoms with Crippen molar-refractivity contribution in [3.05, 3.63) is 59.5 Å². The van der Waals surface area contributed by atoms with E-state index in [1.54, 1.807) is 6.26 Å². The minimum Gasteiger partial charge on any atom is -0.467 e. The van der Waals surface area contributed by atoms with Gasteiger partial charge >= 0.3 is 0 Å². The highest BCUT2D eigenvalue weighted by Crippen LogP contribution is 2.22. The smallest absolute Gasteiger partial charge is 0.220 e. The van der Waals surface area contributed by atoms with Gasteiger partial charge in [-0.3, -0.25) is 4.79 Å². The third-order valence-electron chi connectivity index (χ3n) is 3.50. The van der Waals surface area contributed by atoms with Crippen molar-refractivity contribution < 1.29 is 9.21 Å². The first-order valence-corrected chi connectivity index (χ1v) is 7.33. The average Bonchev–Trinajstić information content (AvgIpc) is 2.95. The number of furan rings is 1. The lowest BCUT2D eigenvalue weighted by Gasteiger charge is -2.19. The molecule has 0 radical (unpaired) electrons. The summed E-state index contributed by atoms with van der Waals surface area (Å²) < 4.78 is 5.18. The summed E-state index contributed by atoms with van der Waals surface area (Å²) in [5.41, 5.74) is 2.67. The summed E-state index contributed by atoms with van der Waals surface area (Å²) in [6.45, 7) is 7.05. The van der Waals surface area contributed by atoms with Crippen LogP contribution >= 0.6 is 0 Å². The van der Waals surface area contributed by atoms with Crippen molar-refractivity contribution in [2.45, 2.75) is 45.6 Å². The highest BCUT2D eigenvalue weighted by molar-refractivity contribution is 5.76. The number of nitrogens with one attached hydrogen (secondary N) is 1. The van der Waals surface area contributed by atoms with Crippen LogP contribution in [0.5, 0.6) is 0 Å². The normalized spacial score (nSPS) is 11.4. The van der Waals surface area contributed by atoms with Gasteiger partial charge in [-0.25, -0.2) is 0 Å². The molecule has 0 aliphatic heterocycles. The molecule has 21 heavy (non-hydrogen) atoms. The second kappa shape index (κ2) is 6.61. The van der Waals surface area contributed by atoms with Gasteiger partial charge in [0.05, 0.1) is 12.8 Å². The summed E-state index contributed by atoms with van der Waals surface area (Å²) in [5, 5.41) is 2.86. The predicted molar refractivity (Wildman–Crippen MR) is 84.0 cm³/mol. The van der Waals surface area contributed by atoms with Crippen LogP contribution in [0.25, 0.3) is 0 Å². The first-order valence-electron chi connectivity index (χ1n) is 7.33. The van der Waals surface area contributed by atoms with Gasteiger partial charge in [0.15, 0.2) is 0 Å². The minimum atomic E-state index is 0.0475. The van der Waals surface area contributed by atoms with Gasteiger partial charge in [-0.2, -0.15) is 0 Å². The monoisotopic (exact) mass is 285 g/mol. The van der Waals surface area contributed by atoms with Gasteiger partial charge in [0, 0.05) is 6.42 Å². The van der Waals surface area contributed by atoms with E-state index in [2.05, 4.69) is 50.4 Å². The molecule has 1 amide bonds. The van der Waals surface area contributed by atoms with E-state index in [4.69, 9.17) is 4.42 Å². The van der Waals surface area contributed by atoms with Crippen molar-refractivity contribution in [3.8, 4) is 0 Å². The van der Waals surface area contributed by atoms with Crippen LogP contribution in [0.1, 0.15) is 44.1 Å². The maximum Gasteiger partial charge on any atom is 0.220 e. The van der Waals surface area contributed by atoms with E-state index < -0.39 is 0 Å². The molecule has 0 unspecified atom stereocenters. The molecule has 0 aliphatic carbocycles. The first-order chi connectivity index (χ1) is 9.95. The molecule has 112 valence electrons. The second-order valence-electron chi connectivity index (χ2n) is 6.30. The molecule has 0 bridgehead atoms. The SMILES string of the molecule is CC(C)(C)c1ccc(CCC(=O)NCc2ccco2)cc1. The van der Waals surface area contributed by atoms with Crippen LogP contribution < -0.4 is 5.32 Å². The van der Waals surface area contributed by atoms with Crippen molar-refractivity contribution >= 4 is 5.91 Å². The van der Waals surface area contributed by atoms with Crippen LogP contribution in [0, 0.1) is 0 Å². The predicted octanol–water partition coefficient (Wildman–Crippen LogP) is 3.83. The fourth-order valence-electron chi connectivity index (χ4n) is 2.12. The summed E-state index contributed by atoms with van der Waals surface area (Å²) in [5.74, 6) is 0.823. The zero-order valence-corrected chi connectivity index (χ0v) is 13.0. The minimum absolute atomic E-state index is 0.0475. The van der Waals surface area contributed by atoms with Crippen LogP contribution in [0.3, 0.4) is 0 Å². The number of amides is 1. The van der Waals surface area contributed by atoms with E-state index >= 15 is 0 Å². The standard InChI is InChI=1S/C18H23NO2/c1-18(2,3)15-9-6-14(7-10-15)8-11-17(20)19-13-16-5-4-12-21-16/h4-7,9-10,12H,8,11,13H2,1-3H3,(H,19,20). The molecule has 2 aromatic rings. The third kappa shape index (κ3) is 4.78. The summed E-state index contributed by atoms with van der Waals surface area (Å²) >= 11 is 0. The van der Waals surface area contributed by atoms with Crippen LogP contribution in [0.2, 0.25) is 0 Å². The largest absolute Gasteiger partial charge is 0.467 e. The van der Waals surface area contributed by atoms with E-state index in [1.165, 1.54) is 11.1 Å². The molecule has 3 nitrogen and oxygen atoms in total. The maximum absolute atomic E-state index is 11.8. The van der Waals surface area contributed by atoms with E-state index in [9.17, 15) is 4.79 Å². The molecular formula is C18H23NO2. The Bertz CT molecular complexity index is 562. The van der Waals surface area contributed by atoms with Crippen molar-refractivity contribution in [3.63, 3.8) is 0 Å². The number of hydrogen-bond donors (Lipinski definition) is 1. The summed E-state index contributed by atoms with van der Waals surface area (Å²) in [6.07, 6.45) is 2.86. The van der Waals surface area contributed by atoms with Crippen LogP contribution in [0.4, 0.5) is 0 Å². The molecule has 1 aromatic heterocycles. The average molecular weight is 285 g/mol. The fraction of sp³-hybridized carbons (Fsp3) is 0.389. The molecule has 3 heteroatoms. The number of aryl methyl sites for hydroxylation is 1. The number of benzene rings is 1. The topological polar surface area (TPSA) is 42.2 Å². The maximum atomic E-state index is 11.8. The van der Waals surface area contributed by atoms with Crippen molar-refractivity contribution in [1.29, 1.82) is 0 Å². The molecule has 0 saturated heterocycles. The third-order valence-corrected chi connectivity index (χ3v) is 3.50. The molecule has 0 spiro atoms. The molecule has 2 rings (SSSR count). The lowest BCUT2D eigenvalue weighted by molar-refractivity contribution is -0.121. The quantitative estimate of drug-likeness (QED) is 0.907. The van der Waals surface area contributed by atoms with E-state index in [0.29, 0.717) is 13.0 Å². The van der Waals surface area contributed by atoms with Gasteiger partial charge in [0.2, 0.25) is 5.91 Å². The molecule has 1 heterocycles. The number of hydrogen-bond acceptors (Lipinski definition) is 2. The van der Waals surface area contributed by atoms with E-state index in [0.717, 1.165) is 12.2 Å². The zero-order chi connectivity index (χ0) is 15.3. The van der Waals surface area contributed by atoms with E-state index in [1.807, 2.05) is 12.1 Å². The van der Waals surface area contributed by atoms with Crippen LogP contribution in [0.15, 0.2) is 47.1 Å². The van der Waals surface area contributed by atoms with Crippen molar-refractivity contribution in [2.24, 2.45) is 0 Å². The Morgan fingerprint density at radius 3 is 2.43 bits per heavy atom. The second-order valence-corrected chi connectivity index (χ2v) is 6.30. The first kappa shape index (κ1) is 15.4. The van der Waals surface area contributed by atoms with Gasteiger partial charge in [-0.1, -0.05) is 45.0 Å². The lowest BCUT2D eigenvalue weighted by atomic mass is 9.86. The highest BCUT2D eigenvalue weighted by atomic mass is 16.3. The van der Waals surface area contributed by atoms with Crippen LogP contribution in [-0.2, 0) is 23.2 Å². The van der Waals surface area contributed by atoms with Crippen molar-refractivity contribution in [2.75, 3.05) is 0 Å². The van der Waals surface area contributed by atoms with Gasteiger partial charge in [-0.05, 0) is 35.1 Å². The molecule has 1 N–H and O–H groups in total.